The van der Waals surface area contributed by atoms with E-state index in [0.717, 1.165) is 30.2 Å². The minimum atomic E-state index is 0.938. The lowest BCUT2D eigenvalue weighted by molar-refractivity contribution is 0.264. The number of para-hydroxylation sites is 1. The fourth-order valence-corrected chi connectivity index (χ4v) is 2.00. The highest BCUT2D eigenvalue weighted by Gasteiger charge is 2.28. The molecule has 0 saturated heterocycles. The number of hydrogen-bond donors (Lipinski definition) is 1. The normalized spacial score (nSPS) is 16.7. The molecule has 0 unspecified atom stereocenters. The van der Waals surface area contributed by atoms with Crippen molar-refractivity contribution in [1.82, 2.24) is 0 Å². The maximum atomic E-state index is 5.58. The Morgan fingerprint density at radius 1 is 1.27 bits per heavy atom. The van der Waals surface area contributed by atoms with Gasteiger partial charge in [-0.2, -0.15) is 0 Å². The van der Waals surface area contributed by atoms with Crippen LogP contribution in [0, 0.1) is 0 Å². The van der Waals surface area contributed by atoms with Gasteiger partial charge in [-0.25, -0.2) is 0 Å². The van der Waals surface area contributed by atoms with E-state index in [0.29, 0.717) is 0 Å². The van der Waals surface area contributed by atoms with E-state index < -0.39 is 0 Å². The van der Waals surface area contributed by atoms with Gasteiger partial charge in [0.2, 0.25) is 5.88 Å². The van der Waals surface area contributed by atoms with E-state index >= 15 is 0 Å². The molecule has 15 heavy (non-hydrogen) atoms. The quantitative estimate of drug-likeness (QED) is 0.787. The van der Waals surface area contributed by atoms with Crippen LogP contribution in [-0.4, -0.2) is 0 Å². The van der Waals surface area contributed by atoms with Gasteiger partial charge in [0.25, 0.3) is 0 Å². The summed E-state index contributed by atoms with van der Waals surface area (Å²) in [6.07, 6.45) is 4.35. The van der Waals surface area contributed by atoms with Crippen LogP contribution in [0.5, 0.6) is 0 Å². The number of benzene rings is 1. The first-order valence-corrected chi connectivity index (χ1v) is 5.37. The summed E-state index contributed by atoms with van der Waals surface area (Å²) in [6.45, 7) is 2.19. The summed E-state index contributed by atoms with van der Waals surface area (Å²) in [4.78, 5) is 0. The Balaban J connectivity index is 2.04. The third-order valence-electron chi connectivity index (χ3n) is 2.78. The standard InChI is InChI=1S/C13H13NO/c1-2-5-10-12-8-9-6-3-4-7-11(9)14-13(10)15-12/h3-4,6-8,14H,2,5H2,1H3. The molecule has 0 atom stereocenters. The van der Waals surface area contributed by atoms with Crippen molar-refractivity contribution in [2.45, 2.75) is 19.8 Å². The zero-order chi connectivity index (χ0) is 10.3. The molecule has 0 aromatic heterocycles. The van der Waals surface area contributed by atoms with Crippen LogP contribution in [0.4, 0.5) is 5.69 Å². The van der Waals surface area contributed by atoms with Crippen molar-refractivity contribution in [2.75, 3.05) is 5.32 Å². The highest BCUT2D eigenvalue weighted by molar-refractivity contribution is 5.76. The van der Waals surface area contributed by atoms with Gasteiger partial charge in [0, 0.05) is 11.3 Å². The summed E-state index contributed by atoms with van der Waals surface area (Å²) in [5.41, 5.74) is 3.66. The van der Waals surface area contributed by atoms with E-state index in [2.05, 4.69) is 30.4 Å². The second-order valence-corrected chi connectivity index (χ2v) is 3.88. The summed E-state index contributed by atoms with van der Waals surface area (Å²) < 4.78 is 5.58. The second kappa shape index (κ2) is 3.16. The number of ether oxygens (including phenoxy) is 1. The molecule has 2 bridgehead atoms. The van der Waals surface area contributed by atoms with Gasteiger partial charge in [-0.3, -0.25) is 0 Å². The van der Waals surface area contributed by atoms with Crippen LogP contribution in [0.2, 0.25) is 0 Å². The van der Waals surface area contributed by atoms with Crippen molar-refractivity contribution in [1.29, 1.82) is 0 Å². The van der Waals surface area contributed by atoms with Gasteiger partial charge in [-0.05, 0) is 18.6 Å². The van der Waals surface area contributed by atoms with Crippen LogP contribution in [0.1, 0.15) is 25.3 Å². The molecule has 3 heterocycles. The first-order chi connectivity index (χ1) is 7.38. The molecule has 3 aliphatic rings. The minimum absolute atomic E-state index is 0.938. The molecule has 2 nitrogen and oxygen atoms in total. The Morgan fingerprint density at radius 3 is 3.00 bits per heavy atom. The lowest BCUT2D eigenvalue weighted by Crippen LogP contribution is -2.16. The smallest absolute Gasteiger partial charge is 0.204 e. The SMILES string of the molecule is CCCC1=C2Nc3ccccc3C=C1O2. The zero-order valence-electron chi connectivity index (χ0n) is 8.71. The van der Waals surface area contributed by atoms with Gasteiger partial charge in [0.1, 0.15) is 5.76 Å². The van der Waals surface area contributed by atoms with Crippen LogP contribution in [0.3, 0.4) is 0 Å². The van der Waals surface area contributed by atoms with E-state index in [1.165, 1.54) is 11.1 Å². The Kier molecular flexibility index (Phi) is 1.81. The van der Waals surface area contributed by atoms with Crippen molar-refractivity contribution in [2.24, 2.45) is 0 Å². The number of allylic oxidation sites excluding steroid dienone is 1. The molecule has 0 radical (unpaired) electrons. The third-order valence-corrected chi connectivity index (χ3v) is 2.78. The summed E-state index contributed by atoms with van der Waals surface area (Å²) in [5, 5.41) is 3.33. The lowest BCUT2D eigenvalue weighted by atomic mass is 10.0. The Morgan fingerprint density at radius 2 is 2.13 bits per heavy atom. The summed E-state index contributed by atoms with van der Waals surface area (Å²) in [7, 11) is 0. The molecule has 0 fully saturated rings. The molecule has 1 aromatic carbocycles. The van der Waals surface area contributed by atoms with Crippen LogP contribution in [-0.2, 0) is 4.74 Å². The van der Waals surface area contributed by atoms with Crippen molar-refractivity contribution in [3.8, 4) is 0 Å². The van der Waals surface area contributed by atoms with E-state index in [1.807, 2.05) is 12.1 Å². The maximum Gasteiger partial charge on any atom is 0.204 e. The van der Waals surface area contributed by atoms with Gasteiger partial charge >= 0.3 is 0 Å². The van der Waals surface area contributed by atoms with Gasteiger partial charge in [0.05, 0.1) is 5.57 Å². The number of rotatable bonds is 2. The topological polar surface area (TPSA) is 21.3 Å². The zero-order valence-corrected chi connectivity index (χ0v) is 8.71. The Labute approximate surface area is 89.3 Å². The molecule has 0 spiro atoms. The Bertz CT molecular complexity index is 471. The van der Waals surface area contributed by atoms with E-state index in [4.69, 9.17) is 4.74 Å². The molecule has 3 aliphatic heterocycles. The van der Waals surface area contributed by atoms with Gasteiger partial charge in [0.15, 0.2) is 0 Å². The fraction of sp³-hybridized carbons (Fsp3) is 0.231. The average molecular weight is 199 g/mol. The molecule has 1 N–H and O–H groups in total. The molecule has 2 heteroatoms. The monoisotopic (exact) mass is 199 g/mol. The highest BCUT2D eigenvalue weighted by Crippen LogP contribution is 2.40. The summed E-state index contributed by atoms with van der Waals surface area (Å²) in [5.74, 6) is 1.97. The number of hydrogen-bond acceptors (Lipinski definition) is 2. The van der Waals surface area contributed by atoms with Crippen molar-refractivity contribution >= 4 is 11.8 Å². The molecule has 4 rings (SSSR count). The summed E-state index contributed by atoms with van der Waals surface area (Å²) in [6, 6.07) is 8.26. The minimum Gasteiger partial charge on any atom is -0.440 e. The molecule has 0 amide bonds. The van der Waals surface area contributed by atoms with Gasteiger partial charge in [-0.1, -0.05) is 31.5 Å². The average Bonchev–Trinajstić information content (AvgIpc) is 2.53. The van der Waals surface area contributed by atoms with Crippen LogP contribution >= 0.6 is 0 Å². The highest BCUT2D eigenvalue weighted by atomic mass is 16.5. The molecule has 0 saturated carbocycles. The van der Waals surface area contributed by atoms with E-state index in [1.54, 1.807) is 0 Å². The largest absolute Gasteiger partial charge is 0.440 e. The molecular weight excluding hydrogens is 186 g/mol. The van der Waals surface area contributed by atoms with E-state index in [9.17, 15) is 0 Å². The first kappa shape index (κ1) is 8.60. The second-order valence-electron chi connectivity index (χ2n) is 3.88. The summed E-state index contributed by atoms with van der Waals surface area (Å²) >= 11 is 0. The van der Waals surface area contributed by atoms with Crippen molar-refractivity contribution < 1.29 is 4.74 Å². The Hall–Kier alpha value is -1.70. The van der Waals surface area contributed by atoms with Gasteiger partial charge in [-0.15, -0.1) is 0 Å². The van der Waals surface area contributed by atoms with Crippen molar-refractivity contribution in [3.63, 3.8) is 0 Å². The lowest BCUT2D eigenvalue weighted by Gasteiger charge is -2.25. The maximum absolute atomic E-state index is 5.58. The molecule has 1 aromatic rings. The van der Waals surface area contributed by atoms with E-state index in [-0.39, 0.29) is 0 Å². The third kappa shape index (κ3) is 1.25. The molecule has 0 aliphatic carbocycles. The van der Waals surface area contributed by atoms with Gasteiger partial charge < -0.3 is 10.1 Å². The molecular formula is C13H13NO. The van der Waals surface area contributed by atoms with Crippen LogP contribution in [0.15, 0.2) is 41.5 Å². The van der Waals surface area contributed by atoms with Crippen molar-refractivity contribution in [3.05, 3.63) is 47.0 Å². The predicted molar refractivity (Wildman–Crippen MR) is 61.1 cm³/mol. The van der Waals surface area contributed by atoms with Crippen LogP contribution in [0.25, 0.3) is 6.08 Å². The van der Waals surface area contributed by atoms with Crippen LogP contribution < -0.4 is 5.32 Å². The first-order valence-electron chi connectivity index (χ1n) is 5.37. The fourth-order valence-electron chi connectivity index (χ4n) is 2.00. The number of nitrogens with one attached hydrogen (secondary N) is 1. The molecule has 76 valence electrons. The number of anilines is 1. The predicted octanol–water partition coefficient (Wildman–Crippen LogP) is 3.49.